The van der Waals surface area contributed by atoms with E-state index in [1.165, 1.54) is 12.1 Å². The van der Waals surface area contributed by atoms with Crippen molar-refractivity contribution in [1.29, 1.82) is 0 Å². The van der Waals surface area contributed by atoms with E-state index in [1.807, 2.05) is 0 Å². The van der Waals surface area contributed by atoms with Gasteiger partial charge >= 0.3 is 12.4 Å². The van der Waals surface area contributed by atoms with Crippen LogP contribution in [0.3, 0.4) is 0 Å². The van der Waals surface area contributed by atoms with E-state index in [0.29, 0.717) is 17.0 Å². The topological polar surface area (TPSA) is 0 Å². The molecule has 0 aliphatic carbocycles. The van der Waals surface area contributed by atoms with Crippen LogP contribution in [0.2, 0.25) is 0 Å². The van der Waals surface area contributed by atoms with Gasteiger partial charge in [-0.2, -0.15) is 26.3 Å². The highest BCUT2D eigenvalue weighted by molar-refractivity contribution is 7.13. The van der Waals surface area contributed by atoms with Gasteiger partial charge < -0.3 is 0 Å². The highest BCUT2D eigenvalue weighted by Gasteiger charge is 2.37. The fourth-order valence-corrected chi connectivity index (χ4v) is 2.13. The molecule has 7 heteroatoms. The van der Waals surface area contributed by atoms with Crippen molar-refractivity contribution >= 4 is 11.3 Å². The lowest BCUT2D eigenvalue weighted by atomic mass is 10.0. The molecule has 1 aromatic heterocycles. The SMILES string of the molecule is FC(F)(F)c1cc(-c2cc[c]s2)cc(C(F)(F)F)c1. The molecule has 2 aromatic rings. The standard InChI is InChI=1S/C12H5F6S/c13-11(14,15)8-4-7(10-2-1-3-19-10)5-9(6-8)12(16,17)18/h1-2,4-6H. The summed E-state index contributed by atoms with van der Waals surface area (Å²) in [5.74, 6) is 0. The summed E-state index contributed by atoms with van der Waals surface area (Å²) < 4.78 is 75.6. The predicted octanol–water partition coefficient (Wildman–Crippen LogP) is 5.25. The zero-order valence-corrected chi connectivity index (χ0v) is 9.88. The van der Waals surface area contributed by atoms with E-state index in [1.54, 1.807) is 0 Å². The number of benzene rings is 1. The third-order valence-corrected chi connectivity index (χ3v) is 3.19. The molecule has 0 spiro atoms. The van der Waals surface area contributed by atoms with Crippen LogP contribution in [0.1, 0.15) is 11.1 Å². The number of halogens is 6. The minimum atomic E-state index is -4.82. The Labute approximate surface area is 108 Å². The molecule has 2 rings (SSSR count). The smallest absolute Gasteiger partial charge is 0.166 e. The van der Waals surface area contributed by atoms with Crippen LogP contribution in [0.5, 0.6) is 0 Å². The maximum Gasteiger partial charge on any atom is 0.416 e. The maximum absolute atomic E-state index is 12.6. The predicted molar refractivity (Wildman–Crippen MR) is 58.6 cm³/mol. The first-order chi connectivity index (χ1) is 8.68. The molecule has 0 atom stereocenters. The first kappa shape index (κ1) is 13.9. The lowest BCUT2D eigenvalue weighted by molar-refractivity contribution is -0.143. The van der Waals surface area contributed by atoms with Crippen molar-refractivity contribution in [3.05, 3.63) is 46.8 Å². The highest BCUT2D eigenvalue weighted by Crippen LogP contribution is 2.39. The number of thiophene rings is 1. The Hall–Kier alpha value is -1.50. The Kier molecular flexibility index (Phi) is 3.34. The molecule has 1 heterocycles. The molecule has 0 aliphatic rings. The number of hydrogen-bond acceptors (Lipinski definition) is 1. The lowest BCUT2D eigenvalue weighted by Gasteiger charge is -2.13. The van der Waals surface area contributed by atoms with Gasteiger partial charge in [0.05, 0.1) is 11.1 Å². The minimum Gasteiger partial charge on any atom is -0.166 e. The van der Waals surface area contributed by atoms with E-state index in [2.05, 4.69) is 5.38 Å². The van der Waals surface area contributed by atoms with Gasteiger partial charge in [-0.25, -0.2) is 0 Å². The third kappa shape index (κ3) is 3.09. The van der Waals surface area contributed by atoms with Crippen LogP contribution in [0.25, 0.3) is 10.4 Å². The number of hydrogen-bond donors (Lipinski definition) is 0. The van der Waals surface area contributed by atoms with Crippen LogP contribution in [0.15, 0.2) is 30.3 Å². The van der Waals surface area contributed by atoms with Gasteiger partial charge in [0.1, 0.15) is 0 Å². The fourth-order valence-electron chi connectivity index (χ4n) is 1.49. The van der Waals surface area contributed by atoms with Crippen molar-refractivity contribution in [1.82, 2.24) is 0 Å². The highest BCUT2D eigenvalue weighted by atomic mass is 32.1. The first-order valence-corrected chi connectivity index (χ1v) is 5.75. The summed E-state index contributed by atoms with van der Waals surface area (Å²) in [7, 11) is 0. The molecule has 0 bridgehead atoms. The van der Waals surface area contributed by atoms with Crippen molar-refractivity contribution in [3.8, 4) is 10.4 Å². The average Bonchev–Trinajstić information content (AvgIpc) is 2.79. The van der Waals surface area contributed by atoms with Crippen LogP contribution in [-0.2, 0) is 12.4 Å². The maximum atomic E-state index is 12.6. The average molecular weight is 295 g/mol. The van der Waals surface area contributed by atoms with E-state index < -0.39 is 23.5 Å². The zero-order chi connectivity index (χ0) is 14.3. The summed E-state index contributed by atoms with van der Waals surface area (Å²) in [6.07, 6.45) is -9.64. The van der Waals surface area contributed by atoms with Gasteiger partial charge in [0, 0.05) is 10.3 Å². The van der Waals surface area contributed by atoms with Crippen LogP contribution >= 0.6 is 11.3 Å². The molecule has 0 amide bonds. The van der Waals surface area contributed by atoms with Crippen molar-refractivity contribution in [2.45, 2.75) is 12.4 Å². The van der Waals surface area contributed by atoms with Gasteiger partial charge in [-0.1, -0.05) is 0 Å². The summed E-state index contributed by atoms with van der Waals surface area (Å²) >= 11 is 0.955. The molecule has 19 heavy (non-hydrogen) atoms. The summed E-state index contributed by atoms with van der Waals surface area (Å²) in [5, 5.41) is 2.62. The van der Waals surface area contributed by atoms with Crippen LogP contribution in [0, 0.1) is 5.38 Å². The Morgan fingerprint density at radius 1 is 0.842 bits per heavy atom. The second kappa shape index (κ2) is 4.56. The summed E-state index contributed by atoms with van der Waals surface area (Å²) in [4.78, 5) is 0.302. The quantitative estimate of drug-likeness (QED) is 0.630. The summed E-state index contributed by atoms with van der Waals surface area (Å²) in [6.45, 7) is 0. The van der Waals surface area contributed by atoms with Gasteiger partial charge in [0.15, 0.2) is 0 Å². The molecule has 1 radical (unpaired) electrons. The molecular weight excluding hydrogens is 290 g/mol. The Bertz CT molecular complexity index is 533. The Morgan fingerprint density at radius 2 is 1.37 bits per heavy atom. The molecule has 0 fully saturated rings. The molecule has 0 saturated heterocycles. The van der Waals surface area contributed by atoms with Gasteiger partial charge in [0.2, 0.25) is 0 Å². The first-order valence-electron chi connectivity index (χ1n) is 4.93. The van der Waals surface area contributed by atoms with E-state index in [-0.39, 0.29) is 11.6 Å². The van der Waals surface area contributed by atoms with Gasteiger partial charge in [-0.15, -0.1) is 11.3 Å². The molecule has 0 N–H and O–H groups in total. The minimum absolute atomic E-state index is 0.112. The monoisotopic (exact) mass is 295 g/mol. The van der Waals surface area contributed by atoms with Crippen LogP contribution < -0.4 is 0 Å². The fraction of sp³-hybridized carbons (Fsp3) is 0.167. The van der Waals surface area contributed by atoms with E-state index >= 15 is 0 Å². The molecule has 1 aromatic carbocycles. The molecule has 0 saturated carbocycles. The van der Waals surface area contributed by atoms with Crippen molar-refractivity contribution in [3.63, 3.8) is 0 Å². The second-order valence-electron chi connectivity index (χ2n) is 3.71. The van der Waals surface area contributed by atoms with Gasteiger partial charge in [0.25, 0.3) is 0 Å². The third-order valence-electron chi connectivity index (χ3n) is 2.34. The molecule has 0 unspecified atom stereocenters. The number of alkyl halides is 6. The van der Waals surface area contributed by atoms with E-state index in [0.717, 1.165) is 11.3 Å². The molecule has 0 nitrogen and oxygen atoms in total. The Balaban J connectivity index is 2.62. The van der Waals surface area contributed by atoms with E-state index in [4.69, 9.17) is 0 Å². The van der Waals surface area contributed by atoms with Crippen molar-refractivity contribution in [2.75, 3.05) is 0 Å². The van der Waals surface area contributed by atoms with Crippen LogP contribution in [-0.4, -0.2) is 0 Å². The lowest BCUT2D eigenvalue weighted by Crippen LogP contribution is -2.10. The second-order valence-corrected chi connectivity index (χ2v) is 4.59. The number of rotatable bonds is 1. The van der Waals surface area contributed by atoms with Crippen molar-refractivity contribution < 1.29 is 26.3 Å². The molecule has 101 valence electrons. The largest absolute Gasteiger partial charge is 0.416 e. The van der Waals surface area contributed by atoms with Crippen molar-refractivity contribution in [2.24, 2.45) is 0 Å². The Morgan fingerprint density at radius 3 is 1.74 bits per heavy atom. The zero-order valence-electron chi connectivity index (χ0n) is 9.06. The summed E-state index contributed by atoms with van der Waals surface area (Å²) in [5.41, 5.74) is -2.75. The van der Waals surface area contributed by atoms with Gasteiger partial charge in [-0.3, -0.25) is 0 Å². The van der Waals surface area contributed by atoms with E-state index in [9.17, 15) is 26.3 Å². The van der Waals surface area contributed by atoms with Crippen LogP contribution in [0.4, 0.5) is 26.3 Å². The normalized spacial score (nSPS) is 12.7. The molecule has 0 aliphatic heterocycles. The summed E-state index contributed by atoms with van der Waals surface area (Å²) in [6, 6.07) is 4.37. The van der Waals surface area contributed by atoms with Gasteiger partial charge in [-0.05, 0) is 35.9 Å². The molecular formula is C12H5F6S.